The van der Waals surface area contributed by atoms with Crippen molar-refractivity contribution >= 4 is 11.6 Å². The summed E-state index contributed by atoms with van der Waals surface area (Å²) in [6, 6.07) is 7.79. The van der Waals surface area contributed by atoms with Crippen molar-refractivity contribution in [2.45, 2.75) is 20.8 Å². The minimum atomic E-state index is -0.118. The largest absolute Gasteiger partial charge is 0.322 e. The predicted molar refractivity (Wildman–Crippen MR) is 72.8 cm³/mol. The van der Waals surface area contributed by atoms with Crippen molar-refractivity contribution in [2.24, 2.45) is 0 Å². The van der Waals surface area contributed by atoms with Crippen LogP contribution >= 0.6 is 0 Å². The van der Waals surface area contributed by atoms with Gasteiger partial charge in [-0.15, -0.1) is 0 Å². The van der Waals surface area contributed by atoms with E-state index in [1.54, 1.807) is 12.4 Å². The molecule has 2 aromatic rings. The van der Waals surface area contributed by atoms with Crippen LogP contribution in [-0.2, 0) is 0 Å². The van der Waals surface area contributed by atoms with Gasteiger partial charge in [0.05, 0.1) is 5.56 Å². The van der Waals surface area contributed by atoms with Crippen molar-refractivity contribution in [3.8, 4) is 0 Å². The minimum Gasteiger partial charge on any atom is -0.322 e. The lowest BCUT2D eigenvalue weighted by molar-refractivity contribution is 0.102. The number of carbonyl (C=O) groups is 1. The second-order valence-electron chi connectivity index (χ2n) is 4.46. The average Bonchev–Trinajstić information content (AvgIpc) is 2.33. The molecule has 0 saturated heterocycles. The van der Waals surface area contributed by atoms with Crippen LogP contribution in [0.1, 0.15) is 27.0 Å². The summed E-state index contributed by atoms with van der Waals surface area (Å²) in [6.45, 7) is 5.92. The molecular formula is C15H16N2O. The predicted octanol–water partition coefficient (Wildman–Crippen LogP) is 3.26. The van der Waals surface area contributed by atoms with Gasteiger partial charge in [0.15, 0.2) is 0 Å². The molecule has 1 aromatic carbocycles. The number of hydrogen-bond donors (Lipinski definition) is 1. The van der Waals surface area contributed by atoms with E-state index in [1.165, 1.54) is 5.56 Å². The Balaban J connectivity index is 2.24. The van der Waals surface area contributed by atoms with Crippen molar-refractivity contribution in [3.05, 3.63) is 58.9 Å². The van der Waals surface area contributed by atoms with Gasteiger partial charge in [-0.2, -0.15) is 0 Å². The zero-order valence-electron chi connectivity index (χ0n) is 10.8. The molecule has 0 spiro atoms. The van der Waals surface area contributed by atoms with E-state index in [0.717, 1.165) is 16.8 Å². The number of nitrogens with one attached hydrogen (secondary N) is 1. The van der Waals surface area contributed by atoms with E-state index < -0.39 is 0 Å². The van der Waals surface area contributed by atoms with Crippen LogP contribution in [0.3, 0.4) is 0 Å². The summed E-state index contributed by atoms with van der Waals surface area (Å²) < 4.78 is 0. The fourth-order valence-electron chi connectivity index (χ4n) is 1.85. The van der Waals surface area contributed by atoms with Crippen molar-refractivity contribution in [2.75, 3.05) is 5.32 Å². The molecule has 0 unspecified atom stereocenters. The summed E-state index contributed by atoms with van der Waals surface area (Å²) in [7, 11) is 0. The van der Waals surface area contributed by atoms with Crippen LogP contribution in [0.2, 0.25) is 0 Å². The van der Waals surface area contributed by atoms with Crippen LogP contribution in [0.4, 0.5) is 5.69 Å². The highest BCUT2D eigenvalue weighted by atomic mass is 16.1. The highest BCUT2D eigenvalue weighted by molar-refractivity contribution is 6.05. The number of benzene rings is 1. The molecule has 0 fully saturated rings. The topological polar surface area (TPSA) is 42.0 Å². The van der Waals surface area contributed by atoms with E-state index in [4.69, 9.17) is 0 Å². The zero-order chi connectivity index (χ0) is 13.1. The molecule has 0 saturated carbocycles. The number of nitrogens with zero attached hydrogens (tertiary/aromatic N) is 1. The lowest BCUT2D eigenvalue weighted by atomic mass is 10.1. The Bertz CT molecular complexity index is 591. The Hall–Kier alpha value is -2.16. The van der Waals surface area contributed by atoms with Gasteiger partial charge in [0.2, 0.25) is 0 Å². The van der Waals surface area contributed by atoms with Crippen LogP contribution in [0.5, 0.6) is 0 Å². The number of anilines is 1. The molecule has 3 heteroatoms. The van der Waals surface area contributed by atoms with E-state index in [0.29, 0.717) is 5.56 Å². The maximum absolute atomic E-state index is 12.1. The number of pyridine rings is 1. The molecule has 0 atom stereocenters. The van der Waals surface area contributed by atoms with Crippen LogP contribution in [0, 0.1) is 20.8 Å². The van der Waals surface area contributed by atoms with E-state index in [2.05, 4.69) is 10.3 Å². The fourth-order valence-corrected chi connectivity index (χ4v) is 1.85. The van der Waals surface area contributed by atoms with Gasteiger partial charge in [-0.05, 0) is 44.0 Å². The Labute approximate surface area is 107 Å². The van der Waals surface area contributed by atoms with Gasteiger partial charge in [0.1, 0.15) is 0 Å². The van der Waals surface area contributed by atoms with Gasteiger partial charge < -0.3 is 5.32 Å². The van der Waals surface area contributed by atoms with Crippen LogP contribution in [-0.4, -0.2) is 10.9 Å². The molecule has 92 valence electrons. The molecule has 1 amide bonds. The highest BCUT2D eigenvalue weighted by Gasteiger charge is 2.10. The molecule has 3 nitrogen and oxygen atoms in total. The number of hydrogen-bond acceptors (Lipinski definition) is 2. The first-order valence-electron chi connectivity index (χ1n) is 5.87. The van der Waals surface area contributed by atoms with Gasteiger partial charge >= 0.3 is 0 Å². The van der Waals surface area contributed by atoms with Crippen LogP contribution in [0.15, 0.2) is 36.7 Å². The van der Waals surface area contributed by atoms with E-state index in [-0.39, 0.29) is 5.91 Å². The molecule has 1 aromatic heterocycles. The molecule has 1 heterocycles. The first-order valence-corrected chi connectivity index (χ1v) is 5.87. The maximum Gasteiger partial charge on any atom is 0.257 e. The van der Waals surface area contributed by atoms with Gasteiger partial charge in [-0.25, -0.2) is 0 Å². The molecule has 1 N–H and O–H groups in total. The second kappa shape index (κ2) is 5.00. The molecule has 0 aliphatic heterocycles. The van der Waals surface area contributed by atoms with Crippen LogP contribution < -0.4 is 5.32 Å². The number of aryl methyl sites for hydroxylation is 3. The SMILES string of the molecule is Cc1ccc(NC(=O)c2cnccc2C)c(C)c1. The van der Waals surface area contributed by atoms with Crippen LogP contribution in [0.25, 0.3) is 0 Å². The zero-order valence-corrected chi connectivity index (χ0v) is 10.8. The first-order chi connectivity index (χ1) is 8.58. The summed E-state index contributed by atoms with van der Waals surface area (Å²) in [5.74, 6) is -0.118. The molecule has 18 heavy (non-hydrogen) atoms. The molecule has 2 rings (SSSR count). The Morgan fingerprint density at radius 1 is 1.11 bits per heavy atom. The van der Waals surface area contributed by atoms with E-state index >= 15 is 0 Å². The Kier molecular flexibility index (Phi) is 3.42. The summed E-state index contributed by atoms with van der Waals surface area (Å²) in [5.41, 5.74) is 4.62. The number of aromatic nitrogens is 1. The first kappa shape index (κ1) is 12.3. The van der Waals surface area contributed by atoms with Crippen molar-refractivity contribution in [3.63, 3.8) is 0 Å². The third-order valence-electron chi connectivity index (χ3n) is 2.91. The summed E-state index contributed by atoms with van der Waals surface area (Å²) in [6.07, 6.45) is 3.28. The lowest BCUT2D eigenvalue weighted by Crippen LogP contribution is -2.14. The second-order valence-corrected chi connectivity index (χ2v) is 4.46. The molecule has 0 radical (unpaired) electrons. The minimum absolute atomic E-state index is 0.118. The maximum atomic E-state index is 12.1. The number of rotatable bonds is 2. The van der Waals surface area contributed by atoms with Gasteiger partial charge in [-0.1, -0.05) is 17.7 Å². The summed E-state index contributed by atoms with van der Waals surface area (Å²) in [5, 5.41) is 2.92. The third-order valence-corrected chi connectivity index (χ3v) is 2.91. The van der Waals surface area contributed by atoms with Crippen molar-refractivity contribution < 1.29 is 4.79 Å². The number of amides is 1. The smallest absolute Gasteiger partial charge is 0.257 e. The summed E-state index contributed by atoms with van der Waals surface area (Å²) in [4.78, 5) is 16.1. The molecule has 0 aliphatic carbocycles. The normalized spacial score (nSPS) is 10.2. The quantitative estimate of drug-likeness (QED) is 0.875. The molecular weight excluding hydrogens is 224 g/mol. The highest BCUT2D eigenvalue weighted by Crippen LogP contribution is 2.17. The summed E-state index contributed by atoms with van der Waals surface area (Å²) >= 11 is 0. The number of carbonyl (C=O) groups excluding carboxylic acids is 1. The third kappa shape index (κ3) is 2.56. The lowest BCUT2D eigenvalue weighted by Gasteiger charge is -2.10. The average molecular weight is 240 g/mol. The monoisotopic (exact) mass is 240 g/mol. The van der Waals surface area contributed by atoms with E-state index in [9.17, 15) is 4.79 Å². The molecule has 0 aliphatic rings. The van der Waals surface area contributed by atoms with Crippen molar-refractivity contribution in [1.29, 1.82) is 0 Å². The van der Waals surface area contributed by atoms with E-state index in [1.807, 2.05) is 45.0 Å². The Morgan fingerprint density at radius 2 is 1.89 bits per heavy atom. The fraction of sp³-hybridized carbons (Fsp3) is 0.200. The Morgan fingerprint density at radius 3 is 2.56 bits per heavy atom. The standard InChI is InChI=1S/C15H16N2O/c1-10-4-5-14(12(3)8-10)17-15(18)13-9-16-7-6-11(13)2/h4-9H,1-3H3,(H,17,18). The van der Waals surface area contributed by atoms with Crippen molar-refractivity contribution in [1.82, 2.24) is 4.98 Å². The van der Waals surface area contributed by atoms with Gasteiger partial charge in [0, 0.05) is 18.1 Å². The molecule has 0 bridgehead atoms. The van der Waals surface area contributed by atoms with Gasteiger partial charge in [0.25, 0.3) is 5.91 Å². The van der Waals surface area contributed by atoms with Gasteiger partial charge in [-0.3, -0.25) is 9.78 Å².